The van der Waals surface area contributed by atoms with Crippen molar-refractivity contribution >= 4 is 5.71 Å². The van der Waals surface area contributed by atoms with E-state index in [9.17, 15) is 0 Å². The third-order valence-electron chi connectivity index (χ3n) is 0.640. The van der Waals surface area contributed by atoms with Crippen molar-refractivity contribution in [2.45, 2.75) is 13.8 Å². The third kappa shape index (κ3) is 1.70. The van der Waals surface area contributed by atoms with Gasteiger partial charge in [0.2, 0.25) is 0 Å². The molecule has 0 aromatic carbocycles. The molecule has 0 saturated carbocycles. The first-order valence-corrected chi connectivity index (χ1v) is 1.85. The van der Waals surface area contributed by atoms with Gasteiger partial charge in [-0.05, 0) is 19.4 Å². The van der Waals surface area contributed by atoms with Crippen LogP contribution in [0.25, 0.3) is 0 Å². The Labute approximate surface area is 38.2 Å². The van der Waals surface area contributed by atoms with E-state index in [1.165, 1.54) is 0 Å². The first-order chi connectivity index (χ1) is 2.64. The van der Waals surface area contributed by atoms with Crippen molar-refractivity contribution in [2.75, 3.05) is 0 Å². The molecule has 34 valence electrons. The summed E-state index contributed by atoms with van der Waals surface area (Å²) in [6.45, 7) is 7.08. The van der Waals surface area contributed by atoms with Gasteiger partial charge in [-0.2, -0.15) is 0 Å². The Morgan fingerprint density at radius 1 is 1.50 bits per heavy atom. The van der Waals surface area contributed by atoms with E-state index >= 15 is 0 Å². The monoisotopic (exact) mass is 83.1 g/mol. The minimum absolute atomic E-state index is 0.565. The van der Waals surface area contributed by atoms with Crippen LogP contribution in [0.2, 0.25) is 0 Å². The van der Waals surface area contributed by atoms with E-state index in [1.807, 2.05) is 6.92 Å². The highest BCUT2D eigenvalue weighted by Crippen LogP contribution is 1.84. The first-order valence-electron chi connectivity index (χ1n) is 1.85. The molecular weight excluding hydrogens is 74.1 g/mol. The maximum Gasteiger partial charge on any atom is 0.0306 e. The molecule has 0 atom stereocenters. The number of nitrogens with one attached hydrogen (secondary N) is 1. The number of allylic oxidation sites excluding steroid dienone is 1. The molecule has 0 aliphatic heterocycles. The summed E-state index contributed by atoms with van der Waals surface area (Å²) >= 11 is 0. The van der Waals surface area contributed by atoms with Crippen LogP contribution in [-0.4, -0.2) is 5.71 Å². The highest BCUT2D eigenvalue weighted by Gasteiger charge is 1.80. The van der Waals surface area contributed by atoms with Crippen LogP contribution in [0.1, 0.15) is 13.8 Å². The van der Waals surface area contributed by atoms with Crippen LogP contribution in [0.4, 0.5) is 0 Å². The SMILES string of the molecule is C=C(C)C(C)=N. The zero-order valence-corrected chi connectivity index (χ0v) is 4.21. The molecular formula is C5H9N. The Kier molecular flexibility index (Phi) is 1.58. The van der Waals surface area contributed by atoms with E-state index in [4.69, 9.17) is 5.41 Å². The maximum atomic E-state index is 6.85. The summed E-state index contributed by atoms with van der Waals surface area (Å²) < 4.78 is 0. The van der Waals surface area contributed by atoms with Gasteiger partial charge in [-0.1, -0.05) is 6.58 Å². The van der Waals surface area contributed by atoms with E-state index in [0.29, 0.717) is 5.71 Å². The molecule has 0 saturated heterocycles. The summed E-state index contributed by atoms with van der Waals surface area (Å²) in [6, 6.07) is 0. The first kappa shape index (κ1) is 5.41. The van der Waals surface area contributed by atoms with Gasteiger partial charge in [-0.3, -0.25) is 0 Å². The van der Waals surface area contributed by atoms with Crippen LogP contribution >= 0.6 is 0 Å². The molecule has 0 heterocycles. The van der Waals surface area contributed by atoms with Crippen molar-refractivity contribution in [3.05, 3.63) is 12.2 Å². The molecule has 0 aliphatic carbocycles. The van der Waals surface area contributed by atoms with Gasteiger partial charge < -0.3 is 5.41 Å². The van der Waals surface area contributed by atoms with Crippen LogP contribution in [0, 0.1) is 5.41 Å². The topological polar surface area (TPSA) is 23.9 Å². The fourth-order valence-corrected chi connectivity index (χ4v) is 0. The van der Waals surface area contributed by atoms with Crippen LogP contribution in [0.5, 0.6) is 0 Å². The molecule has 0 radical (unpaired) electrons. The van der Waals surface area contributed by atoms with Crippen molar-refractivity contribution in [3.8, 4) is 0 Å². The molecule has 0 rings (SSSR count). The smallest absolute Gasteiger partial charge is 0.0306 e. The van der Waals surface area contributed by atoms with E-state index in [2.05, 4.69) is 6.58 Å². The standard InChI is InChI=1S/C5H9N/c1-4(2)5(3)6/h6H,1H2,2-3H3. The van der Waals surface area contributed by atoms with Gasteiger partial charge in [0.1, 0.15) is 0 Å². The summed E-state index contributed by atoms with van der Waals surface area (Å²) in [5.74, 6) is 0. The van der Waals surface area contributed by atoms with E-state index in [-0.39, 0.29) is 0 Å². The molecule has 0 aliphatic rings. The molecule has 1 nitrogen and oxygen atoms in total. The lowest BCUT2D eigenvalue weighted by Crippen LogP contribution is -1.84. The molecule has 0 fully saturated rings. The molecule has 0 spiro atoms. The molecule has 1 N–H and O–H groups in total. The minimum atomic E-state index is 0.565. The summed E-state index contributed by atoms with van der Waals surface area (Å²) in [5, 5.41) is 6.85. The molecule has 0 aromatic rings. The second-order valence-electron chi connectivity index (χ2n) is 1.41. The zero-order valence-electron chi connectivity index (χ0n) is 4.21. The quantitative estimate of drug-likeness (QED) is 0.465. The van der Waals surface area contributed by atoms with E-state index < -0.39 is 0 Å². The Morgan fingerprint density at radius 2 is 1.67 bits per heavy atom. The Balaban J connectivity index is 3.57. The third-order valence-corrected chi connectivity index (χ3v) is 0.640. The highest BCUT2D eigenvalue weighted by atomic mass is 14.4. The number of hydrogen-bond acceptors (Lipinski definition) is 1. The summed E-state index contributed by atoms with van der Waals surface area (Å²) in [4.78, 5) is 0. The fourth-order valence-electron chi connectivity index (χ4n) is 0. The van der Waals surface area contributed by atoms with Gasteiger partial charge in [-0.25, -0.2) is 0 Å². The van der Waals surface area contributed by atoms with E-state index in [0.717, 1.165) is 5.57 Å². The second-order valence-corrected chi connectivity index (χ2v) is 1.41. The fraction of sp³-hybridized carbons (Fsp3) is 0.400. The van der Waals surface area contributed by atoms with Crippen LogP contribution in [0.15, 0.2) is 12.2 Å². The minimum Gasteiger partial charge on any atom is -0.305 e. The summed E-state index contributed by atoms with van der Waals surface area (Å²) in [6.07, 6.45) is 0. The lowest BCUT2D eigenvalue weighted by molar-refractivity contribution is 1.43. The Hall–Kier alpha value is -0.590. The summed E-state index contributed by atoms with van der Waals surface area (Å²) in [7, 11) is 0. The predicted octanol–water partition coefficient (Wildman–Crippen LogP) is 1.60. The number of rotatable bonds is 1. The van der Waals surface area contributed by atoms with Crippen molar-refractivity contribution in [1.29, 1.82) is 5.41 Å². The lowest BCUT2D eigenvalue weighted by atomic mass is 10.2. The molecule has 6 heavy (non-hydrogen) atoms. The van der Waals surface area contributed by atoms with Gasteiger partial charge in [0.15, 0.2) is 0 Å². The van der Waals surface area contributed by atoms with Crippen LogP contribution < -0.4 is 0 Å². The molecule has 0 amide bonds. The van der Waals surface area contributed by atoms with Crippen molar-refractivity contribution in [1.82, 2.24) is 0 Å². The van der Waals surface area contributed by atoms with Gasteiger partial charge in [-0.15, -0.1) is 0 Å². The predicted molar refractivity (Wildman–Crippen MR) is 28.2 cm³/mol. The van der Waals surface area contributed by atoms with Gasteiger partial charge in [0.25, 0.3) is 0 Å². The maximum absolute atomic E-state index is 6.85. The van der Waals surface area contributed by atoms with Crippen molar-refractivity contribution in [2.24, 2.45) is 0 Å². The largest absolute Gasteiger partial charge is 0.305 e. The highest BCUT2D eigenvalue weighted by molar-refractivity contribution is 5.94. The second kappa shape index (κ2) is 1.75. The molecule has 1 heteroatoms. The Morgan fingerprint density at radius 3 is 1.67 bits per heavy atom. The zero-order chi connectivity index (χ0) is 5.15. The van der Waals surface area contributed by atoms with Gasteiger partial charge in [0, 0.05) is 5.71 Å². The van der Waals surface area contributed by atoms with Crippen LogP contribution in [0.3, 0.4) is 0 Å². The lowest BCUT2D eigenvalue weighted by Gasteiger charge is -1.85. The van der Waals surface area contributed by atoms with Crippen molar-refractivity contribution in [3.63, 3.8) is 0 Å². The average molecular weight is 83.1 g/mol. The molecule has 0 aromatic heterocycles. The van der Waals surface area contributed by atoms with Crippen LogP contribution in [-0.2, 0) is 0 Å². The molecule has 0 unspecified atom stereocenters. The van der Waals surface area contributed by atoms with Gasteiger partial charge in [0.05, 0.1) is 0 Å². The molecule has 0 bridgehead atoms. The average Bonchev–Trinajstić information content (AvgIpc) is 1.36. The normalized spacial score (nSPS) is 7.67. The number of hydrogen-bond donors (Lipinski definition) is 1. The van der Waals surface area contributed by atoms with Crippen molar-refractivity contribution < 1.29 is 0 Å². The van der Waals surface area contributed by atoms with Gasteiger partial charge >= 0.3 is 0 Å². The van der Waals surface area contributed by atoms with E-state index in [1.54, 1.807) is 6.92 Å². The summed E-state index contributed by atoms with van der Waals surface area (Å²) in [5.41, 5.74) is 1.41. The Bertz CT molecular complexity index is 69.9.